The van der Waals surface area contributed by atoms with Gasteiger partial charge in [-0.2, -0.15) is 0 Å². The van der Waals surface area contributed by atoms with E-state index in [-0.39, 0.29) is 24.2 Å². The Labute approximate surface area is 143 Å². The van der Waals surface area contributed by atoms with Crippen molar-refractivity contribution in [1.29, 1.82) is 0 Å². The van der Waals surface area contributed by atoms with E-state index >= 15 is 0 Å². The van der Waals surface area contributed by atoms with Crippen LogP contribution in [0.3, 0.4) is 0 Å². The summed E-state index contributed by atoms with van der Waals surface area (Å²) >= 11 is 0. The number of carbonyl (C=O) groups excluding carboxylic acids is 2. The van der Waals surface area contributed by atoms with Crippen molar-refractivity contribution in [2.45, 2.75) is 44.9 Å². The van der Waals surface area contributed by atoms with Crippen LogP contribution < -0.4 is 15.5 Å². The highest BCUT2D eigenvalue weighted by Gasteiger charge is 2.22. The quantitative estimate of drug-likeness (QED) is 0.839. The Morgan fingerprint density at radius 3 is 2.67 bits per heavy atom. The van der Waals surface area contributed by atoms with Gasteiger partial charge in [0.25, 0.3) is 0 Å². The summed E-state index contributed by atoms with van der Waals surface area (Å²) in [5.41, 5.74) is 0.756. The van der Waals surface area contributed by atoms with Gasteiger partial charge in [0, 0.05) is 38.2 Å². The maximum absolute atomic E-state index is 12.2. The third kappa shape index (κ3) is 4.24. The van der Waals surface area contributed by atoms with Gasteiger partial charge in [-0.05, 0) is 37.8 Å². The Balaban J connectivity index is 1.47. The number of aromatic nitrogens is 1. The number of rotatable bonds is 6. The van der Waals surface area contributed by atoms with Gasteiger partial charge < -0.3 is 15.5 Å². The van der Waals surface area contributed by atoms with Crippen LogP contribution in [0.4, 0.5) is 11.5 Å². The zero-order valence-electron chi connectivity index (χ0n) is 14.1. The number of pyridine rings is 1. The highest BCUT2D eigenvalue weighted by atomic mass is 16.2. The third-order valence-corrected chi connectivity index (χ3v) is 4.84. The predicted molar refractivity (Wildman–Crippen MR) is 93.9 cm³/mol. The van der Waals surface area contributed by atoms with Crippen LogP contribution in [0.2, 0.25) is 0 Å². The number of nitrogens with one attached hydrogen (secondary N) is 2. The van der Waals surface area contributed by atoms with E-state index < -0.39 is 0 Å². The second-order valence-corrected chi connectivity index (χ2v) is 6.64. The van der Waals surface area contributed by atoms with Crippen molar-refractivity contribution in [1.82, 2.24) is 10.3 Å². The van der Waals surface area contributed by atoms with Crippen LogP contribution in [0.15, 0.2) is 18.3 Å². The van der Waals surface area contributed by atoms with Crippen molar-refractivity contribution in [2.75, 3.05) is 29.9 Å². The first-order valence-corrected chi connectivity index (χ1v) is 9.01. The van der Waals surface area contributed by atoms with Crippen LogP contribution in [-0.2, 0) is 9.59 Å². The maximum Gasteiger partial charge on any atom is 0.226 e. The second kappa shape index (κ2) is 8.13. The summed E-state index contributed by atoms with van der Waals surface area (Å²) in [5.74, 6) is 1.00. The van der Waals surface area contributed by atoms with Crippen molar-refractivity contribution >= 4 is 23.3 Å². The molecule has 6 nitrogen and oxygen atoms in total. The Kier molecular flexibility index (Phi) is 5.67. The van der Waals surface area contributed by atoms with E-state index in [4.69, 9.17) is 0 Å². The molecule has 0 bridgehead atoms. The normalized spacial score (nSPS) is 17.9. The molecule has 0 spiro atoms. The summed E-state index contributed by atoms with van der Waals surface area (Å²) in [6, 6.07) is 3.71. The summed E-state index contributed by atoms with van der Waals surface area (Å²) in [4.78, 5) is 30.7. The summed E-state index contributed by atoms with van der Waals surface area (Å²) in [5, 5.41) is 5.82. The van der Waals surface area contributed by atoms with Crippen LogP contribution in [-0.4, -0.2) is 36.4 Å². The average molecular weight is 330 g/mol. The van der Waals surface area contributed by atoms with E-state index in [0.29, 0.717) is 6.54 Å². The summed E-state index contributed by atoms with van der Waals surface area (Å²) in [6.45, 7) is 2.36. The lowest BCUT2D eigenvalue weighted by Crippen LogP contribution is -2.32. The molecule has 1 saturated carbocycles. The Hall–Kier alpha value is -2.11. The Morgan fingerprint density at radius 2 is 1.92 bits per heavy atom. The van der Waals surface area contributed by atoms with Gasteiger partial charge in [0.05, 0.1) is 5.69 Å². The molecule has 0 atom stereocenters. The van der Waals surface area contributed by atoms with Crippen molar-refractivity contribution in [2.24, 2.45) is 5.92 Å². The van der Waals surface area contributed by atoms with Gasteiger partial charge in [-0.25, -0.2) is 4.98 Å². The molecule has 2 heterocycles. The lowest BCUT2D eigenvalue weighted by molar-refractivity contribution is -0.124. The standard InChI is InChI=1S/C18H26N4O2/c23-16(9-11-20-18(24)14-6-1-2-7-14)21-15-8-5-10-19-17(15)22-12-3-4-13-22/h5,8,10,14H,1-4,6-7,9,11-13H2,(H,20,24)(H,21,23). The fourth-order valence-electron chi connectivity index (χ4n) is 3.52. The first-order chi connectivity index (χ1) is 11.7. The molecule has 2 fully saturated rings. The summed E-state index contributed by atoms with van der Waals surface area (Å²) in [7, 11) is 0. The molecule has 2 aliphatic rings. The minimum Gasteiger partial charge on any atom is -0.355 e. The van der Waals surface area contributed by atoms with Gasteiger partial charge in [-0.1, -0.05) is 12.8 Å². The number of hydrogen-bond donors (Lipinski definition) is 2. The molecule has 1 saturated heterocycles. The number of amides is 2. The van der Waals surface area contributed by atoms with Crippen LogP contribution in [0.1, 0.15) is 44.9 Å². The zero-order chi connectivity index (χ0) is 16.8. The molecule has 1 aromatic rings. The second-order valence-electron chi connectivity index (χ2n) is 6.64. The number of hydrogen-bond acceptors (Lipinski definition) is 4. The number of nitrogens with zero attached hydrogens (tertiary/aromatic N) is 2. The van der Waals surface area contributed by atoms with E-state index in [2.05, 4.69) is 20.5 Å². The van der Waals surface area contributed by atoms with Crippen LogP contribution in [0.25, 0.3) is 0 Å². The van der Waals surface area contributed by atoms with Crippen LogP contribution in [0.5, 0.6) is 0 Å². The van der Waals surface area contributed by atoms with Crippen LogP contribution >= 0.6 is 0 Å². The molecule has 1 aliphatic heterocycles. The van der Waals surface area contributed by atoms with E-state index in [1.165, 1.54) is 0 Å². The lowest BCUT2D eigenvalue weighted by atomic mass is 10.1. The van der Waals surface area contributed by atoms with Gasteiger partial charge in [0.15, 0.2) is 5.82 Å². The van der Waals surface area contributed by atoms with Gasteiger partial charge in [0.2, 0.25) is 11.8 Å². The Bertz CT molecular complexity index is 578. The molecule has 24 heavy (non-hydrogen) atoms. The molecule has 1 aliphatic carbocycles. The minimum absolute atomic E-state index is 0.0878. The van der Waals surface area contributed by atoms with Crippen molar-refractivity contribution < 1.29 is 9.59 Å². The molecular weight excluding hydrogens is 304 g/mol. The molecule has 130 valence electrons. The molecule has 0 radical (unpaired) electrons. The lowest BCUT2D eigenvalue weighted by Gasteiger charge is -2.20. The third-order valence-electron chi connectivity index (χ3n) is 4.84. The zero-order valence-corrected chi connectivity index (χ0v) is 14.1. The molecule has 3 rings (SSSR count). The molecule has 2 N–H and O–H groups in total. The van der Waals surface area contributed by atoms with E-state index in [9.17, 15) is 9.59 Å². The largest absolute Gasteiger partial charge is 0.355 e. The fraction of sp³-hybridized carbons (Fsp3) is 0.611. The van der Waals surface area contributed by atoms with Gasteiger partial charge in [-0.15, -0.1) is 0 Å². The van der Waals surface area contributed by atoms with Crippen molar-refractivity contribution in [3.8, 4) is 0 Å². The SMILES string of the molecule is O=C(CCNC(=O)C1CCCC1)Nc1cccnc1N1CCCC1. The van der Waals surface area contributed by atoms with E-state index in [1.807, 2.05) is 12.1 Å². The number of carbonyl (C=O) groups is 2. The highest BCUT2D eigenvalue weighted by molar-refractivity contribution is 5.94. The molecule has 2 amide bonds. The number of anilines is 2. The highest BCUT2D eigenvalue weighted by Crippen LogP contribution is 2.26. The van der Waals surface area contributed by atoms with Gasteiger partial charge >= 0.3 is 0 Å². The van der Waals surface area contributed by atoms with Crippen molar-refractivity contribution in [3.05, 3.63) is 18.3 Å². The maximum atomic E-state index is 12.2. The average Bonchev–Trinajstić information content (AvgIpc) is 3.29. The first-order valence-electron chi connectivity index (χ1n) is 9.01. The van der Waals surface area contributed by atoms with Gasteiger partial charge in [-0.3, -0.25) is 9.59 Å². The smallest absolute Gasteiger partial charge is 0.226 e. The summed E-state index contributed by atoms with van der Waals surface area (Å²) < 4.78 is 0. The monoisotopic (exact) mass is 330 g/mol. The molecule has 6 heteroatoms. The Morgan fingerprint density at radius 1 is 1.17 bits per heavy atom. The summed E-state index contributed by atoms with van der Waals surface area (Å²) in [6.07, 6.45) is 8.60. The molecule has 0 unspecified atom stereocenters. The fourth-order valence-corrected chi connectivity index (χ4v) is 3.52. The topological polar surface area (TPSA) is 74.3 Å². The van der Waals surface area contributed by atoms with Gasteiger partial charge in [0.1, 0.15) is 0 Å². The molecule has 0 aromatic carbocycles. The van der Waals surface area contributed by atoms with E-state index in [1.54, 1.807) is 6.20 Å². The van der Waals surface area contributed by atoms with Crippen molar-refractivity contribution in [3.63, 3.8) is 0 Å². The molecular formula is C18H26N4O2. The predicted octanol–water partition coefficient (Wildman–Crippen LogP) is 2.32. The van der Waals surface area contributed by atoms with E-state index in [0.717, 1.165) is 63.1 Å². The van der Waals surface area contributed by atoms with Crippen LogP contribution in [0, 0.1) is 5.92 Å². The first kappa shape index (κ1) is 16.7. The molecule has 1 aromatic heterocycles. The minimum atomic E-state index is -0.0878.